The van der Waals surface area contributed by atoms with Gasteiger partial charge in [0.25, 0.3) is 0 Å². The fourth-order valence-electron chi connectivity index (χ4n) is 2.96. The minimum Gasteiger partial charge on any atom is -0.316 e. The summed E-state index contributed by atoms with van der Waals surface area (Å²) in [5.74, 6) is 0. The summed E-state index contributed by atoms with van der Waals surface area (Å²) in [7, 11) is 2.00. The van der Waals surface area contributed by atoms with Crippen LogP contribution >= 0.6 is 0 Å². The topological polar surface area (TPSA) is 12.0 Å². The van der Waals surface area contributed by atoms with E-state index in [1.807, 2.05) is 7.05 Å². The Hall–Kier alpha value is -1.34. The molecular weight excluding hydrogens is 254 g/mol. The zero-order valence-electron chi connectivity index (χ0n) is 14.9. The first-order valence-electron chi connectivity index (χ1n) is 8.10. The van der Waals surface area contributed by atoms with Gasteiger partial charge in [0.1, 0.15) is 0 Å². The first-order valence-corrected chi connectivity index (χ1v) is 8.10. The van der Waals surface area contributed by atoms with Crippen LogP contribution in [0.4, 0.5) is 0 Å². The molecule has 0 aliphatic rings. The lowest BCUT2D eigenvalue weighted by Crippen LogP contribution is -2.10. The van der Waals surface area contributed by atoms with Gasteiger partial charge in [-0.15, -0.1) is 0 Å². The van der Waals surface area contributed by atoms with E-state index >= 15 is 0 Å². The van der Waals surface area contributed by atoms with Crippen molar-refractivity contribution in [3.8, 4) is 0 Å². The summed E-state index contributed by atoms with van der Waals surface area (Å²) in [6.07, 6.45) is 4.45. The molecule has 1 nitrogen and oxygen atoms in total. The van der Waals surface area contributed by atoms with Crippen LogP contribution < -0.4 is 5.32 Å². The number of hydrogen-bond donors (Lipinski definition) is 1. The van der Waals surface area contributed by atoms with E-state index < -0.39 is 0 Å². The van der Waals surface area contributed by atoms with Gasteiger partial charge in [-0.2, -0.15) is 0 Å². The number of rotatable bonds is 6. The Balaban J connectivity index is 3.40. The van der Waals surface area contributed by atoms with Gasteiger partial charge in [0.2, 0.25) is 0 Å². The minimum absolute atomic E-state index is 0.941. The Labute approximate surface area is 131 Å². The van der Waals surface area contributed by atoms with Crippen LogP contribution in [0.2, 0.25) is 0 Å². The highest BCUT2D eigenvalue weighted by Gasteiger charge is 2.10. The van der Waals surface area contributed by atoms with E-state index in [-0.39, 0.29) is 0 Å². The number of nitrogens with one attached hydrogen (secondary N) is 1. The van der Waals surface area contributed by atoms with E-state index in [1.165, 1.54) is 39.0 Å². The average Bonchev–Trinajstić information content (AvgIpc) is 2.49. The highest BCUT2D eigenvalue weighted by molar-refractivity contribution is 5.80. The third kappa shape index (κ3) is 4.07. The Morgan fingerprint density at radius 3 is 2.00 bits per heavy atom. The van der Waals surface area contributed by atoms with Crippen LogP contribution in [0.1, 0.15) is 56.9 Å². The molecule has 0 unspecified atom stereocenters. The standard InChI is InChI=1S/C20H31N/c1-8-17-11-19(12-18(9-2)16(17)6)20(10-3)15(5)14(4)13-21-7/h10-12,21H,8-9,13H2,1-7H3/b15-14-,20-10+. The summed E-state index contributed by atoms with van der Waals surface area (Å²) < 4.78 is 0. The zero-order chi connectivity index (χ0) is 16.0. The molecule has 0 aliphatic heterocycles. The number of allylic oxidation sites excluding steroid dienone is 3. The van der Waals surface area contributed by atoms with Crippen molar-refractivity contribution in [2.24, 2.45) is 0 Å². The lowest BCUT2D eigenvalue weighted by molar-refractivity contribution is 0.873. The molecule has 116 valence electrons. The van der Waals surface area contributed by atoms with Crippen molar-refractivity contribution in [3.05, 3.63) is 51.6 Å². The maximum atomic E-state index is 3.25. The summed E-state index contributed by atoms with van der Waals surface area (Å²) >= 11 is 0. The summed E-state index contributed by atoms with van der Waals surface area (Å²) in [6.45, 7) is 14.3. The summed E-state index contributed by atoms with van der Waals surface area (Å²) in [4.78, 5) is 0. The summed E-state index contributed by atoms with van der Waals surface area (Å²) in [5.41, 5.74) is 9.94. The fourth-order valence-corrected chi connectivity index (χ4v) is 2.96. The highest BCUT2D eigenvalue weighted by atomic mass is 14.8. The first-order chi connectivity index (χ1) is 9.99. The van der Waals surface area contributed by atoms with Crippen LogP contribution in [-0.2, 0) is 12.8 Å². The molecule has 0 aromatic heterocycles. The second-order valence-corrected chi connectivity index (χ2v) is 5.76. The van der Waals surface area contributed by atoms with Gasteiger partial charge in [-0.25, -0.2) is 0 Å². The van der Waals surface area contributed by atoms with Gasteiger partial charge in [0, 0.05) is 6.54 Å². The van der Waals surface area contributed by atoms with E-state index in [2.05, 4.69) is 65.1 Å². The molecule has 0 atom stereocenters. The molecule has 1 N–H and O–H groups in total. The Bertz CT molecular complexity index is 522. The predicted molar refractivity (Wildman–Crippen MR) is 95.9 cm³/mol. The monoisotopic (exact) mass is 285 g/mol. The molecule has 21 heavy (non-hydrogen) atoms. The van der Waals surface area contributed by atoms with Crippen molar-refractivity contribution in [1.82, 2.24) is 5.32 Å². The van der Waals surface area contributed by atoms with Crippen molar-refractivity contribution in [2.75, 3.05) is 13.6 Å². The number of likely N-dealkylation sites (N-methyl/N-ethyl adjacent to an activating group) is 1. The number of aryl methyl sites for hydroxylation is 2. The van der Waals surface area contributed by atoms with Crippen molar-refractivity contribution in [3.63, 3.8) is 0 Å². The number of benzene rings is 1. The van der Waals surface area contributed by atoms with Gasteiger partial charge in [-0.05, 0) is 81.0 Å². The second-order valence-electron chi connectivity index (χ2n) is 5.76. The first kappa shape index (κ1) is 17.7. The molecular formula is C20H31N. The third-order valence-corrected chi connectivity index (χ3v) is 4.47. The van der Waals surface area contributed by atoms with Crippen molar-refractivity contribution >= 4 is 5.57 Å². The summed E-state index contributed by atoms with van der Waals surface area (Å²) in [5, 5.41) is 3.25. The van der Waals surface area contributed by atoms with E-state index in [4.69, 9.17) is 0 Å². The van der Waals surface area contributed by atoms with Crippen LogP contribution in [-0.4, -0.2) is 13.6 Å². The molecule has 0 heterocycles. The van der Waals surface area contributed by atoms with Crippen LogP contribution in [0.5, 0.6) is 0 Å². The SMILES string of the molecule is C/C=C(\C(C)=C(\C)CNC)c1cc(CC)c(C)c(CC)c1. The van der Waals surface area contributed by atoms with Gasteiger partial charge in [0.15, 0.2) is 0 Å². The van der Waals surface area contributed by atoms with Crippen LogP contribution in [0.3, 0.4) is 0 Å². The maximum Gasteiger partial charge on any atom is 0.0164 e. The van der Waals surface area contributed by atoms with Gasteiger partial charge >= 0.3 is 0 Å². The van der Waals surface area contributed by atoms with E-state index in [1.54, 1.807) is 0 Å². The maximum absolute atomic E-state index is 3.25. The molecule has 0 saturated carbocycles. The lowest BCUT2D eigenvalue weighted by Gasteiger charge is -2.17. The van der Waals surface area contributed by atoms with Crippen LogP contribution in [0.15, 0.2) is 29.4 Å². The normalized spacial score (nSPS) is 13.4. The smallest absolute Gasteiger partial charge is 0.0164 e. The quantitative estimate of drug-likeness (QED) is 0.719. The highest BCUT2D eigenvalue weighted by Crippen LogP contribution is 2.29. The van der Waals surface area contributed by atoms with E-state index in [9.17, 15) is 0 Å². The molecule has 0 aliphatic carbocycles. The van der Waals surface area contributed by atoms with Gasteiger partial charge in [0.05, 0.1) is 0 Å². The molecule has 1 aromatic carbocycles. The largest absolute Gasteiger partial charge is 0.316 e. The third-order valence-electron chi connectivity index (χ3n) is 4.47. The van der Waals surface area contributed by atoms with Crippen LogP contribution in [0, 0.1) is 6.92 Å². The van der Waals surface area contributed by atoms with Gasteiger partial charge < -0.3 is 5.32 Å². The van der Waals surface area contributed by atoms with E-state index in [0.717, 1.165) is 19.4 Å². The van der Waals surface area contributed by atoms with Gasteiger partial charge in [-0.3, -0.25) is 0 Å². The van der Waals surface area contributed by atoms with Gasteiger partial charge in [-0.1, -0.05) is 37.6 Å². The summed E-state index contributed by atoms with van der Waals surface area (Å²) in [6, 6.07) is 4.75. The molecule has 0 fully saturated rings. The molecule has 1 rings (SSSR count). The minimum atomic E-state index is 0.941. The second kappa shape index (κ2) is 8.19. The molecule has 0 amide bonds. The van der Waals surface area contributed by atoms with Crippen LogP contribution in [0.25, 0.3) is 5.57 Å². The Kier molecular flexibility index (Phi) is 6.91. The molecule has 0 radical (unpaired) electrons. The molecule has 1 heteroatoms. The average molecular weight is 285 g/mol. The van der Waals surface area contributed by atoms with Crippen molar-refractivity contribution < 1.29 is 0 Å². The van der Waals surface area contributed by atoms with Crippen molar-refractivity contribution in [2.45, 2.75) is 54.4 Å². The zero-order valence-corrected chi connectivity index (χ0v) is 14.9. The Morgan fingerprint density at radius 1 is 1.10 bits per heavy atom. The molecule has 0 spiro atoms. The van der Waals surface area contributed by atoms with Crippen molar-refractivity contribution in [1.29, 1.82) is 0 Å². The number of hydrogen-bond acceptors (Lipinski definition) is 1. The Morgan fingerprint density at radius 2 is 1.62 bits per heavy atom. The lowest BCUT2D eigenvalue weighted by atomic mass is 9.89. The predicted octanol–water partition coefficient (Wildman–Crippen LogP) is 5.08. The molecule has 1 aromatic rings. The molecule has 0 bridgehead atoms. The molecule has 0 saturated heterocycles. The van der Waals surface area contributed by atoms with E-state index in [0.29, 0.717) is 0 Å². The fraction of sp³-hybridized carbons (Fsp3) is 0.500.